The van der Waals surface area contributed by atoms with Gasteiger partial charge in [-0.05, 0) is 31.9 Å². The summed E-state index contributed by atoms with van der Waals surface area (Å²) in [7, 11) is 0. The van der Waals surface area contributed by atoms with Crippen molar-refractivity contribution >= 4 is 45.9 Å². The van der Waals surface area contributed by atoms with Crippen molar-refractivity contribution in [1.82, 2.24) is 10.3 Å². The fourth-order valence-electron chi connectivity index (χ4n) is 3.23. The van der Waals surface area contributed by atoms with E-state index in [9.17, 15) is 9.59 Å². The number of benzene rings is 1. The summed E-state index contributed by atoms with van der Waals surface area (Å²) in [5, 5.41) is 4.94. The molecule has 1 aliphatic rings. The fraction of sp³-hybridized carbons (Fsp3) is 0.389. The molecule has 7 heteroatoms. The Morgan fingerprint density at radius 1 is 1.24 bits per heavy atom. The van der Waals surface area contributed by atoms with E-state index in [-0.39, 0.29) is 23.6 Å². The Hall–Kier alpha value is -1.85. The van der Waals surface area contributed by atoms with Crippen LogP contribution >= 0.6 is 23.2 Å². The molecule has 5 nitrogen and oxygen atoms in total. The summed E-state index contributed by atoms with van der Waals surface area (Å²) in [4.78, 5) is 29.1. The smallest absolute Gasteiger partial charge is 0.331 e. The van der Waals surface area contributed by atoms with E-state index in [4.69, 9.17) is 27.9 Å². The zero-order valence-corrected chi connectivity index (χ0v) is 15.3. The van der Waals surface area contributed by atoms with Crippen LogP contribution in [-0.4, -0.2) is 29.0 Å². The largest absolute Gasteiger partial charge is 0.464 e. The molecule has 1 aromatic carbocycles. The zero-order chi connectivity index (χ0) is 18.0. The second-order valence-electron chi connectivity index (χ2n) is 6.12. The number of hydrogen-bond donors (Lipinski definition) is 1. The number of rotatable bonds is 4. The predicted octanol–water partition coefficient (Wildman–Crippen LogP) is 4.15. The van der Waals surface area contributed by atoms with E-state index >= 15 is 0 Å². The average molecular weight is 381 g/mol. The standard InChI is InChI=1S/C18H18Cl2N2O3/c1-2-25-17(24)18(7-3-4-8-18)22-16(23)11-5-6-12-13(9-11)15(20)21-10-14(12)19/h5-6,9-10H,2-4,7-8H2,1H3,(H,22,23). The highest BCUT2D eigenvalue weighted by Gasteiger charge is 2.44. The molecule has 1 saturated carbocycles. The minimum atomic E-state index is -0.946. The van der Waals surface area contributed by atoms with Gasteiger partial charge in [-0.1, -0.05) is 42.1 Å². The van der Waals surface area contributed by atoms with Gasteiger partial charge < -0.3 is 10.1 Å². The molecular formula is C18H18Cl2N2O3. The monoisotopic (exact) mass is 380 g/mol. The summed E-state index contributed by atoms with van der Waals surface area (Å²) >= 11 is 12.2. The van der Waals surface area contributed by atoms with Gasteiger partial charge in [0.2, 0.25) is 0 Å². The van der Waals surface area contributed by atoms with Gasteiger partial charge in [0.1, 0.15) is 10.7 Å². The molecule has 1 aromatic heterocycles. The van der Waals surface area contributed by atoms with E-state index in [0.717, 1.165) is 18.2 Å². The molecule has 1 fully saturated rings. The number of hydrogen-bond acceptors (Lipinski definition) is 4. The third-order valence-electron chi connectivity index (χ3n) is 4.53. The molecule has 1 heterocycles. The Morgan fingerprint density at radius 3 is 2.64 bits per heavy atom. The van der Waals surface area contributed by atoms with Crippen molar-refractivity contribution in [2.75, 3.05) is 6.61 Å². The Bertz CT molecular complexity index is 832. The molecule has 1 amide bonds. The van der Waals surface area contributed by atoms with Crippen molar-refractivity contribution < 1.29 is 14.3 Å². The van der Waals surface area contributed by atoms with Crippen LogP contribution in [-0.2, 0) is 9.53 Å². The number of pyridine rings is 1. The molecule has 1 N–H and O–H groups in total. The minimum Gasteiger partial charge on any atom is -0.464 e. The second kappa shape index (κ2) is 7.18. The maximum Gasteiger partial charge on any atom is 0.331 e. The first-order valence-corrected chi connectivity index (χ1v) is 8.96. The summed E-state index contributed by atoms with van der Waals surface area (Å²) < 4.78 is 5.17. The van der Waals surface area contributed by atoms with Crippen LogP contribution in [0.25, 0.3) is 10.8 Å². The molecule has 2 aromatic rings. The van der Waals surface area contributed by atoms with E-state index < -0.39 is 5.54 Å². The van der Waals surface area contributed by atoms with Gasteiger partial charge in [0.05, 0.1) is 11.6 Å². The topological polar surface area (TPSA) is 68.3 Å². The van der Waals surface area contributed by atoms with Gasteiger partial charge in [0, 0.05) is 22.5 Å². The average Bonchev–Trinajstić information content (AvgIpc) is 3.08. The number of carbonyl (C=O) groups excluding carboxylic acids is 2. The van der Waals surface area contributed by atoms with Crippen molar-refractivity contribution in [3.05, 3.63) is 40.1 Å². The number of nitrogens with one attached hydrogen (secondary N) is 1. The number of esters is 1. The zero-order valence-electron chi connectivity index (χ0n) is 13.8. The Kier molecular flexibility index (Phi) is 5.16. The van der Waals surface area contributed by atoms with Crippen LogP contribution in [0.2, 0.25) is 10.2 Å². The lowest BCUT2D eigenvalue weighted by molar-refractivity contribution is -0.150. The minimum absolute atomic E-state index is 0.273. The molecule has 0 spiro atoms. The van der Waals surface area contributed by atoms with Gasteiger partial charge in [-0.25, -0.2) is 9.78 Å². The number of amides is 1. The maximum atomic E-state index is 12.7. The Labute approximate surface area is 155 Å². The van der Waals surface area contributed by atoms with E-state index in [1.54, 1.807) is 25.1 Å². The normalized spacial score (nSPS) is 16.0. The van der Waals surface area contributed by atoms with Gasteiger partial charge >= 0.3 is 5.97 Å². The molecule has 0 aliphatic heterocycles. The van der Waals surface area contributed by atoms with Crippen LogP contribution in [0, 0.1) is 0 Å². The van der Waals surface area contributed by atoms with Crippen LogP contribution in [0.3, 0.4) is 0 Å². The van der Waals surface area contributed by atoms with Gasteiger partial charge in [0.15, 0.2) is 0 Å². The fourth-order valence-corrected chi connectivity index (χ4v) is 3.65. The van der Waals surface area contributed by atoms with Crippen LogP contribution in [0.1, 0.15) is 43.0 Å². The van der Waals surface area contributed by atoms with Crippen LogP contribution in [0.4, 0.5) is 0 Å². The van der Waals surface area contributed by atoms with E-state index in [0.29, 0.717) is 28.8 Å². The number of aromatic nitrogens is 1. The summed E-state index contributed by atoms with van der Waals surface area (Å²) in [5.41, 5.74) is -0.549. The second-order valence-corrected chi connectivity index (χ2v) is 6.89. The van der Waals surface area contributed by atoms with Gasteiger partial charge in [-0.3, -0.25) is 4.79 Å². The van der Waals surface area contributed by atoms with Gasteiger partial charge in [-0.2, -0.15) is 0 Å². The summed E-state index contributed by atoms with van der Waals surface area (Å²) in [6.07, 6.45) is 4.39. The quantitative estimate of drug-likeness (QED) is 0.638. The first-order chi connectivity index (χ1) is 12.0. The van der Waals surface area contributed by atoms with Crippen molar-refractivity contribution in [1.29, 1.82) is 0 Å². The lowest BCUT2D eigenvalue weighted by Crippen LogP contribution is -2.53. The van der Waals surface area contributed by atoms with Gasteiger partial charge in [0.25, 0.3) is 5.91 Å². The lowest BCUT2D eigenvalue weighted by atomic mass is 9.96. The number of nitrogens with zero attached hydrogens (tertiary/aromatic N) is 1. The Morgan fingerprint density at radius 2 is 1.96 bits per heavy atom. The number of carbonyl (C=O) groups is 2. The SMILES string of the molecule is CCOC(=O)C1(NC(=O)c2ccc3c(Cl)cnc(Cl)c3c2)CCCC1. The van der Waals surface area contributed by atoms with Crippen LogP contribution < -0.4 is 5.32 Å². The highest BCUT2D eigenvalue weighted by molar-refractivity contribution is 6.39. The van der Waals surface area contributed by atoms with Crippen molar-refractivity contribution in [2.24, 2.45) is 0 Å². The number of halogens is 2. The predicted molar refractivity (Wildman–Crippen MR) is 97.1 cm³/mol. The van der Waals surface area contributed by atoms with E-state index in [2.05, 4.69) is 10.3 Å². The van der Waals surface area contributed by atoms with Gasteiger partial charge in [-0.15, -0.1) is 0 Å². The first kappa shape index (κ1) is 18.0. The summed E-state index contributed by atoms with van der Waals surface area (Å²) in [6, 6.07) is 5.03. The highest BCUT2D eigenvalue weighted by atomic mass is 35.5. The molecule has 1 aliphatic carbocycles. The molecule has 0 saturated heterocycles. The van der Waals surface area contributed by atoms with E-state index in [1.807, 2.05) is 0 Å². The molecule has 0 radical (unpaired) electrons. The Balaban J connectivity index is 1.91. The highest BCUT2D eigenvalue weighted by Crippen LogP contribution is 2.32. The van der Waals surface area contributed by atoms with Crippen molar-refractivity contribution in [3.63, 3.8) is 0 Å². The molecule has 132 valence electrons. The molecule has 0 bridgehead atoms. The molecule has 25 heavy (non-hydrogen) atoms. The third kappa shape index (κ3) is 3.44. The molecule has 0 unspecified atom stereocenters. The van der Waals surface area contributed by atoms with Crippen molar-refractivity contribution in [3.8, 4) is 0 Å². The van der Waals surface area contributed by atoms with Crippen molar-refractivity contribution in [2.45, 2.75) is 38.1 Å². The van der Waals surface area contributed by atoms with E-state index in [1.165, 1.54) is 6.20 Å². The lowest BCUT2D eigenvalue weighted by Gasteiger charge is -2.27. The first-order valence-electron chi connectivity index (χ1n) is 8.20. The number of fused-ring (bicyclic) bond motifs is 1. The third-order valence-corrected chi connectivity index (χ3v) is 5.13. The summed E-state index contributed by atoms with van der Waals surface area (Å²) in [5.74, 6) is -0.711. The molecule has 0 atom stereocenters. The summed E-state index contributed by atoms with van der Waals surface area (Å²) in [6.45, 7) is 2.04. The van der Waals surface area contributed by atoms with Crippen LogP contribution in [0.5, 0.6) is 0 Å². The molecular weight excluding hydrogens is 363 g/mol. The molecule has 3 rings (SSSR count). The maximum absolute atomic E-state index is 12.7. The number of ether oxygens (including phenoxy) is 1. The van der Waals surface area contributed by atoms with Crippen LogP contribution in [0.15, 0.2) is 24.4 Å².